The standard InChI is InChI=1S/C23H25N3O6/c1-15(27)17-6-9-19(10-7-17)24-22(28)16(2)32-23(29)18-8-11-20(21(14-18)26(30)31)25-12-4-3-5-13-25/h6-11,14,16H,3-5,12-13H2,1-2H3,(H,24,28). The molecule has 1 saturated heterocycles. The van der Waals surface area contributed by atoms with E-state index in [4.69, 9.17) is 4.74 Å². The second-order valence-corrected chi connectivity index (χ2v) is 7.68. The zero-order chi connectivity index (χ0) is 23.3. The molecule has 0 aliphatic carbocycles. The van der Waals surface area contributed by atoms with E-state index in [1.165, 1.54) is 26.0 Å². The van der Waals surface area contributed by atoms with Gasteiger partial charge in [0.25, 0.3) is 11.6 Å². The molecule has 0 aromatic heterocycles. The minimum atomic E-state index is -1.13. The largest absolute Gasteiger partial charge is 0.449 e. The number of benzene rings is 2. The number of hydrogen-bond acceptors (Lipinski definition) is 7. The lowest BCUT2D eigenvalue weighted by Gasteiger charge is -2.28. The second kappa shape index (κ2) is 10.0. The van der Waals surface area contributed by atoms with Crippen LogP contribution in [-0.2, 0) is 9.53 Å². The van der Waals surface area contributed by atoms with Crippen LogP contribution in [0.2, 0.25) is 0 Å². The van der Waals surface area contributed by atoms with Gasteiger partial charge in [0, 0.05) is 30.4 Å². The van der Waals surface area contributed by atoms with E-state index in [2.05, 4.69) is 5.32 Å². The Morgan fingerprint density at radius 1 is 1.03 bits per heavy atom. The molecule has 1 atom stereocenters. The third kappa shape index (κ3) is 5.48. The van der Waals surface area contributed by atoms with Crippen LogP contribution < -0.4 is 10.2 Å². The molecule has 1 unspecified atom stereocenters. The summed E-state index contributed by atoms with van der Waals surface area (Å²) < 4.78 is 5.21. The van der Waals surface area contributed by atoms with Crippen molar-refractivity contribution in [1.29, 1.82) is 0 Å². The Morgan fingerprint density at radius 2 is 1.66 bits per heavy atom. The number of nitrogens with one attached hydrogen (secondary N) is 1. The highest BCUT2D eigenvalue weighted by atomic mass is 16.6. The van der Waals surface area contributed by atoms with Gasteiger partial charge in [-0.2, -0.15) is 0 Å². The van der Waals surface area contributed by atoms with Gasteiger partial charge in [-0.25, -0.2) is 4.79 Å². The Morgan fingerprint density at radius 3 is 2.25 bits per heavy atom. The molecule has 0 spiro atoms. The number of ketones is 1. The fraction of sp³-hybridized carbons (Fsp3) is 0.348. The van der Waals surface area contributed by atoms with E-state index < -0.39 is 22.9 Å². The number of amides is 1. The predicted molar refractivity (Wildman–Crippen MR) is 119 cm³/mol. The summed E-state index contributed by atoms with van der Waals surface area (Å²) in [5.41, 5.74) is 1.28. The molecular formula is C23H25N3O6. The number of nitrogens with zero attached hydrogens (tertiary/aromatic N) is 2. The van der Waals surface area contributed by atoms with Crippen molar-refractivity contribution in [3.05, 3.63) is 63.7 Å². The Bertz CT molecular complexity index is 1030. The molecule has 1 amide bonds. The minimum Gasteiger partial charge on any atom is -0.449 e. The maximum absolute atomic E-state index is 12.5. The Labute approximate surface area is 185 Å². The van der Waals surface area contributed by atoms with E-state index in [0.717, 1.165) is 32.4 Å². The molecule has 9 heteroatoms. The van der Waals surface area contributed by atoms with E-state index in [0.29, 0.717) is 16.9 Å². The summed E-state index contributed by atoms with van der Waals surface area (Å²) in [6.07, 6.45) is 1.89. The molecule has 3 rings (SSSR count). The number of nitro groups is 1. The third-order valence-electron chi connectivity index (χ3n) is 5.32. The topological polar surface area (TPSA) is 119 Å². The summed E-state index contributed by atoms with van der Waals surface area (Å²) in [5, 5.41) is 14.2. The van der Waals surface area contributed by atoms with Crippen LogP contribution in [0.25, 0.3) is 0 Å². The molecule has 168 valence electrons. The maximum atomic E-state index is 12.5. The van der Waals surface area contributed by atoms with Crippen LogP contribution in [0.15, 0.2) is 42.5 Å². The highest BCUT2D eigenvalue weighted by Crippen LogP contribution is 2.31. The van der Waals surface area contributed by atoms with Crippen LogP contribution in [0, 0.1) is 10.1 Å². The lowest BCUT2D eigenvalue weighted by molar-refractivity contribution is -0.384. The lowest BCUT2D eigenvalue weighted by atomic mass is 10.1. The highest BCUT2D eigenvalue weighted by molar-refractivity contribution is 5.99. The first-order valence-corrected chi connectivity index (χ1v) is 10.4. The second-order valence-electron chi connectivity index (χ2n) is 7.68. The summed E-state index contributed by atoms with van der Waals surface area (Å²) in [6.45, 7) is 4.32. The number of hydrogen-bond donors (Lipinski definition) is 1. The molecule has 1 heterocycles. The molecule has 9 nitrogen and oxygen atoms in total. The van der Waals surface area contributed by atoms with Gasteiger partial charge in [0.05, 0.1) is 10.5 Å². The van der Waals surface area contributed by atoms with Crippen LogP contribution in [0.3, 0.4) is 0 Å². The number of nitro benzene ring substituents is 1. The minimum absolute atomic E-state index is 0.00270. The SMILES string of the molecule is CC(=O)c1ccc(NC(=O)C(C)OC(=O)c2ccc(N3CCCCC3)c([N+](=O)[O-])c2)cc1. The van der Waals surface area contributed by atoms with Gasteiger partial charge in [0.2, 0.25) is 0 Å². The Hall–Kier alpha value is -3.75. The van der Waals surface area contributed by atoms with E-state index >= 15 is 0 Å². The van der Waals surface area contributed by atoms with Gasteiger partial charge in [-0.1, -0.05) is 0 Å². The smallest absolute Gasteiger partial charge is 0.339 e. The number of rotatable bonds is 7. The van der Waals surface area contributed by atoms with E-state index in [-0.39, 0.29) is 17.0 Å². The number of piperidine rings is 1. The van der Waals surface area contributed by atoms with Crippen molar-refractivity contribution in [2.75, 3.05) is 23.3 Å². The summed E-state index contributed by atoms with van der Waals surface area (Å²) in [7, 11) is 0. The molecule has 1 aliphatic rings. The van der Waals surface area contributed by atoms with Crippen molar-refractivity contribution < 1.29 is 24.0 Å². The third-order valence-corrected chi connectivity index (χ3v) is 5.32. The highest BCUT2D eigenvalue weighted by Gasteiger charge is 2.25. The zero-order valence-corrected chi connectivity index (χ0v) is 18.0. The van der Waals surface area contributed by atoms with Gasteiger partial charge in [0.1, 0.15) is 5.69 Å². The first-order valence-electron chi connectivity index (χ1n) is 10.4. The van der Waals surface area contributed by atoms with Gasteiger partial charge in [0.15, 0.2) is 11.9 Å². The fourth-order valence-corrected chi connectivity index (χ4v) is 3.51. The number of ether oxygens (including phenoxy) is 1. The molecule has 1 fully saturated rings. The van der Waals surface area contributed by atoms with Crippen molar-refractivity contribution in [3.63, 3.8) is 0 Å². The molecule has 32 heavy (non-hydrogen) atoms. The van der Waals surface area contributed by atoms with Crippen molar-refractivity contribution in [3.8, 4) is 0 Å². The van der Waals surface area contributed by atoms with E-state index in [1.807, 2.05) is 4.90 Å². The maximum Gasteiger partial charge on any atom is 0.339 e. The molecule has 0 bridgehead atoms. The van der Waals surface area contributed by atoms with Gasteiger partial charge in [-0.05, 0) is 69.5 Å². The van der Waals surface area contributed by atoms with Crippen LogP contribution in [-0.4, -0.2) is 41.8 Å². The van der Waals surface area contributed by atoms with Gasteiger partial charge in [-0.3, -0.25) is 19.7 Å². The van der Waals surface area contributed by atoms with E-state index in [1.54, 1.807) is 30.3 Å². The normalized spacial score (nSPS) is 14.4. The zero-order valence-electron chi connectivity index (χ0n) is 18.0. The number of carbonyl (C=O) groups excluding carboxylic acids is 3. The van der Waals surface area contributed by atoms with Crippen molar-refractivity contribution >= 4 is 34.7 Å². The summed E-state index contributed by atoms with van der Waals surface area (Å²) in [4.78, 5) is 49.2. The number of anilines is 2. The Kier molecular flexibility index (Phi) is 7.19. The lowest BCUT2D eigenvalue weighted by Crippen LogP contribution is -2.31. The number of esters is 1. The molecule has 2 aromatic rings. The van der Waals surface area contributed by atoms with Gasteiger partial charge in [-0.15, -0.1) is 0 Å². The Balaban J connectivity index is 1.67. The van der Waals surface area contributed by atoms with Crippen molar-refractivity contribution in [2.45, 2.75) is 39.2 Å². The van der Waals surface area contributed by atoms with Gasteiger partial charge >= 0.3 is 5.97 Å². The van der Waals surface area contributed by atoms with Crippen LogP contribution in [0.1, 0.15) is 53.8 Å². The fourth-order valence-electron chi connectivity index (χ4n) is 3.51. The van der Waals surface area contributed by atoms with Gasteiger partial charge < -0.3 is 15.0 Å². The number of carbonyl (C=O) groups is 3. The average Bonchev–Trinajstić information content (AvgIpc) is 2.79. The number of Topliss-reactive ketones (excluding diaryl/α,β-unsaturated/α-hetero) is 1. The van der Waals surface area contributed by atoms with Crippen molar-refractivity contribution in [2.24, 2.45) is 0 Å². The van der Waals surface area contributed by atoms with Crippen LogP contribution in [0.5, 0.6) is 0 Å². The quantitative estimate of drug-likeness (QED) is 0.300. The summed E-state index contributed by atoms with van der Waals surface area (Å²) in [5.74, 6) is -1.48. The summed E-state index contributed by atoms with van der Waals surface area (Å²) >= 11 is 0. The molecule has 1 aliphatic heterocycles. The van der Waals surface area contributed by atoms with Crippen LogP contribution in [0.4, 0.5) is 17.1 Å². The molecule has 1 N–H and O–H groups in total. The first kappa shape index (κ1) is 22.9. The molecule has 2 aromatic carbocycles. The molecular weight excluding hydrogens is 414 g/mol. The predicted octanol–water partition coefficient (Wildman–Crippen LogP) is 3.97. The van der Waals surface area contributed by atoms with Crippen LogP contribution >= 0.6 is 0 Å². The molecule has 0 saturated carbocycles. The van der Waals surface area contributed by atoms with E-state index in [9.17, 15) is 24.5 Å². The molecule has 0 radical (unpaired) electrons. The van der Waals surface area contributed by atoms with Crippen molar-refractivity contribution in [1.82, 2.24) is 0 Å². The average molecular weight is 439 g/mol. The first-order chi connectivity index (χ1) is 15.3. The monoisotopic (exact) mass is 439 g/mol. The summed E-state index contributed by atoms with van der Waals surface area (Å²) in [6, 6.07) is 10.5.